The van der Waals surface area contributed by atoms with Crippen LogP contribution in [0.4, 0.5) is 5.69 Å². The maximum absolute atomic E-state index is 13.3. The fraction of sp³-hybridized carbons (Fsp3) is 0.360. The van der Waals surface area contributed by atoms with Crippen LogP contribution in [0.1, 0.15) is 31.0 Å². The maximum Gasteiger partial charge on any atom is 0.311 e. The average Bonchev–Trinajstić information content (AvgIpc) is 3.13. The number of likely N-dealkylation sites (tertiary alicyclic amines) is 1. The highest BCUT2D eigenvalue weighted by atomic mass is 16.6. The van der Waals surface area contributed by atoms with Gasteiger partial charge < -0.3 is 29.5 Å². The molecule has 1 aliphatic heterocycles. The molecule has 1 fully saturated rings. The smallest absolute Gasteiger partial charge is 0.311 e. The predicted octanol–water partition coefficient (Wildman–Crippen LogP) is 3.08. The Kier molecular flexibility index (Phi) is 8.15. The Hall–Kier alpha value is -4.12. The number of rotatable bonds is 10. The molecule has 0 aromatic heterocycles. The van der Waals surface area contributed by atoms with Crippen LogP contribution in [0, 0.1) is 10.1 Å². The van der Waals surface area contributed by atoms with Gasteiger partial charge in [-0.25, -0.2) is 0 Å². The van der Waals surface area contributed by atoms with Crippen LogP contribution in [0.2, 0.25) is 0 Å². The number of methoxy groups -OCH3 is 2. The predicted molar refractivity (Wildman–Crippen MR) is 131 cm³/mol. The second-order valence-corrected chi connectivity index (χ2v) is 8.09. The quantitative estimate of drug-likeness (QED) is 0.166. The lowest BCUT2D eigenvalue weighted by molar-refractivity contribution is -0.385. The molecule has 1 saturated heterocycles. The number of nitrogens with zero attached hydrogens (tertiary/aromatic N) is 3. The number of phenolic OH excluding ortho intramolecular Hbond substituents is 1. The van der Waals surface area contributed by atoms with E-state index in [0.29, 0.717) is 12.3 Å². The molecule has 192 valence electrons. The number of phenols is 1. The van der Waals surface area contributed by atoms with Crippen LogP contribution in [0.25, 0.3) is 5.76 Å². The van der Waals surface area contributed by atoms with E-state index in [0.717, 1.165) is 25.2 Å². The number of likely N-dealkylation sites (N-methyl/N-ethyl adjacent to an activating group) is 1. The van der Waals surface area contributed by atoms with Crippen molar-refractivity contribution in [3.8, 4) is 17.2 Å². The summed E-state index contributed by atoms with van der Waals surface area (Å²) in [6.45, 7) is 5.95. The number of aromatic hydroxyl groups is 1. The summed E-state index contributed by atoms with van der Waals surface area (Å²) in [5, 5.41) is 32.8. The molecule has 2 aromatic rings. The van der Waals surface area contributed by atoms with Crippen LogP contribution in [0.15, 0.2) is 42.0 Å². The molecule has 36 heavy (non-hydrogen) atoms. The van der Waals surface area contributed by atoms with Crippen molar-refractivity contribution in [2.75, 3.05) is 40.4 Å². The van der Waals surface area contributed by atoms with Gasteiger partial charge in [-0.3, -0.25) is 19.7 Å². The summed E-state index contributed by atoms with van der Waals surface area (Å²) < 4.78 is 10.6. The van der Waals surface area contributed by atoms with Crippen molar-refractivity contribution in [2.45, 2.75) is 19.9 Å². The van der Waals surface area contributed by atoms with E-state index in [2.05, 4.69) is 4.90 Å². The number of ketones is 1. The molecule has 2 aromatic carbocycles. The lowest BCUT2D eigenvalue weighted by Crippen LogP contribution is -2.38. The first-order valence-corrected chi connectivity index (χ1v) is 11.4. The SMILES string of the molecule is CCN(CC)CCN1C(=O)C(=O)/C(=C(/O)c2cc(OC)ccc2OC)C1c1ccc(O)c([N+](=O)[O-])c1. The molecule has 11 nitrogen and oxygen atoms in total. The molecule has 0 spiro atoms. The Morgan fingerprint density at radius 2 is 1.81 bits per heavy atom. The standard InChI is InChI=1S/C25H29N3O8/c1-5-26(6-2)11-12-27-22(15-7-9-19(29)18(13-15)28(33)34)21(24(31)25(27)32)23(30)17-14-16(35-3)8-10-20(17)36-4/h7-10,13-14,22,29-30H,5-6,11-12H2,1-4H3/b23-21+. The topological polar surface area (TPSA) is 143 Å². The number of carbonyl (C=O) groups is 2. The normalized spacial score (nSPS) is 17.0. The fourth-order valence-corrected chi connectivity index (χ4v) is 4.25. The highest BCUT2D eigenvalue weighted by molar-refractivity contribution is 6.46. The van der Waals surface area contributed by atoms with Crippen LogP contribution in [0.5, 0.6) is 17.2 Å². The molecule has 0 radical (unpaired) electrons. The van der Waals surface area contributed by atoms with Crippen molar-refractivity contribution in [3.63, 3.8) is 0 Å². The highest BCUT2D eigenvalue weighted by Crippen LogP contribution is 2.43. The minimum Gasteiger partial charge on any atom is -0.507 e. The van der Waals surface area contributed by atoms with E-state index in [1.165, 1.54) is 31.3 Å². The molecular weight excluding hydrogens is 470 g/mol. The third-order valence-electron chi connectivity index (χ3n) is 6.27. The number of nitro groups is 1. The molecule has 0 bridgehead atoms. The van der Waals surface area contributed by atoms with Crippen molar-refractivity contribution < 1.29 is 34.2 Å². The Morgan fingerprint density at radius 1 is 1.11 bits per heavy atom. The van der Waals surface area contributed by atoms with E-state index in [4.69, 9.17) is 9.47 Å². The highest BCUT2D eigenvalue weighted by Gasteiger charge is 2.46. The molecule has 0 saturated carbocycles. The van der Waals surface area contributed by atoms with Gasteiger partial charge in [-0.2, -0.15) is 0 Å². The summed E-state index contributed by atoms with van der Waals surface area (Å²) in [5.74, 6) is -2.22. The summed E-state index contributed by atoms with van der Waals surface area (Å²) in [5.41, 5.74) is -0.509. The zero-order valence-electron chi connectivity index (χ0n) is 20.6. The van der Waals surface area contributed by atoms with E-state index in [1.807, 2.05) is 13.8 Å². The second kappa shape index (κ2) is 11.1. The summed E-state index contributed by atoms with van der Waals surface area (Å²) in [6.07, 6.45) is 0. The molecule has 1 unspecified atom stereocenters. The number of hydrogen-bond donors (Lipinski definition) is 2. The van der Waals surface area contributed by atoms with Crippen LogP contribution in [-0.4, -0.2) is 77.0 Å². The van der Waals surface area contributed by atoms with Gasteiger partial charge in [-0.05, 0) is 42.9 Å². The van der Waals surface area contributed by atoms with Crippen molar-refractivity contribution in [3.05, 3.63) is 63.2 Å². The van der Waals surface area contributed by atoms with Gasteiger partial charge >= 0.3 is 5.69 Å². The van der Waals surface area contributed by atoms with Crippen molar-refractivity contribution in [1.29, 1.82) is 0 Å². The van der Waals surface area contributed by atoms with Gasteiger partial charge in [0, 0.05) is 19.2 Å². The summed E-state index contributed by atoms with van der Waals surface area (Å²) >= 11 is 0. The Bertz CT molecular complexity index is 1210. The lowest BCUT2D eigenvalue weighted by Gasteiger charge is -2.28. The van der Waals surface area contributed by atoms with Crippen LogP contribution < -0.4 is 9.47 Å². The van der Waals surface area contributed by atoms with Gasteiger partial charge in [0.15, 0.2) is 5.75 Å². The zero-order chi connectivity index (χ0) is 26.6. The van der Waals surface area contributed by atoms with Gasteiger partial charge in [-0.15, -0.1) is 0 Å². The molecule has 11 heteroatoms. The van der Waals surface area contributed by atoms with Gasteiger partial charge in [0.1, 0.15) is 17.3 Å². The monoisotopic (exact) mass is 499 g/mol. The van der Waals surface area contributed by atoms with Gasteiger partial charge in [0.25, 0.3) is 11.7 Å². The minimum absolute atomic E-state index is 0.122. The molecule has 0 aliphatic carbocycles. The first-order chi connectivity index (χ1) is 17.2. The summed E-state index contributed by atoms with van der Waals surface area (Å²) in [4.78, 5) is 40.5. The van der Waals surface area contributed by atoms with Crippen molar-refractivity contribution in [2.24, 2.45) is 0 Å². The van der Waals surface area contributed by atoms with E-state index >= 15 is 0 Å². The third kappa shape index (κ3) is 4.96. The molecule has 1 amide bonds. The molecule has 3 rings (SSSR count). The number of aliphatic hydroxyl groups is 1. The lowest BCUT2D eigenvalue weighted by atomic mass is 9.94. The number of hydrogen-bond acceptors (Lipinski definition) is 9. The van der Waals surface area contributed by atoms with E-state index < -0.39 is 39.9 Å². The Balaban J connectivity index is 2.24. The van der Waals surface area contributed by atoms with Crippen LogP contribution in [-0.2, 0) is 9.59 Å². The number of amides is 1. The van der Waals surface area contributed by atoms with Gasteiger partial charge in [0.05, 0.1) is 36.3 Å². The van der Waals surface area contributed by atoms with Crippen molar-refractivity contribution >= 4 is 23.1 Å². The van der Waals surface area contributed by atoms with Gasteiger partial charge in [-0.1, -0.05) is 19.9 Å². The van der Waals surface area contributed by atoms with Crippen molar-refractivity contribution in [1.82, 2.24) is 9.80 Å². The van der Waals surface area contributed by atoms with Gasteiger partial charge in [0.2, 0.25) is 0 Å². The number of Topliss-reactive ketones (excluding diaryl/α,β-unsaturated/α-hetero) is 1. The molecule has 1 aliphatic rings. The van der Waals surface area contributed by atoms with Crippen LogP contribution >= 0.6 is 0 Å². The largest absolute Gasteiger partial charge is 0.507 e. The first kappa shape index (κ1) is 26.5. The second-order valence-electron chi connectivity index (χ2n) is 8.09. The molecule has 1 heterocycles. The number of ether oxygens (including phenoxy) is 2. The fourth-order valence-electron chi connectivity index (χ4n) is 4.25. The average molecular weight is 500 g/mol. The summed E-state index contributed by atoms with van der Waals surface area (Å²) in [7, 11) is 2.83. The van der Waals surface area contributed by atoms with E-state index in [1.54, 1.807) is 12.1 Å². The summed E-state index contributed by atoms with van der Waals surface area (Å²) in [6, 6.07) is 7.11. The number of benzene rings is 2. The maximum atomic E-state index is 13.3. The number of nitro benzene ring substituents is 1. The molecule has 1 atom stereocenters. The van der Waals surface area contributed by atoms with Crippen LogP contribution in [0.3, 0.4) is 0 Å². The molecule has 2 N–H and O–H groups in total. The number of carbonyl (C=O) groups excluding carboxylic acids is 2. The zero-order valence-corrected chi connectivity index (χ0v) is 20.6. The van der Waals surface area contributed by atoms with E-state index in [-0.39, 0.29) is 29.0 Å². The minimum atomic E-state index is -1.13. The van der Waals surface area contributed by atoms with E-state index in [9.17, 15) is 29.9 Å². The Labute approximate surface area is 208 Å². The first-order valence-electron chi connectivity index (χ1n) is 11.4. The molecular formula is C25H29N3O8. The number of aliphatic hydroxyl groups excluding tert-OH is 1. The third-order valence-corrected chi connectivity index (χ3v) is 6.27. The Morgan fingerprint density at radius 3 is 2.39 bits per heavy atom.